The Morgan fingerprint density at radius 2 is 1.82 bits per heavy atom. The van der Waals surface area contributed by atoms with E-state index in [2.05, 4.69) is 26.5 Å². The van der Waals surface area contributed by atoms with Crippen molar-refractivity contribution in [3.63, 3.8) is 0 Å². The highest BCUT2D eigenvalue weighted by molar-refractivity contribution is 6.23. The highest BCUT2D eigenvalue weighted by Gasteiger charge is 2.44. The predicted octanol–water partition coefficient (Wildman–Crippen LogP) is 2.63. The van der Waals surface area contributed by atoms with Crippen LogP contribution in [0.15, 0.2) is 36.9 Å². The molecule has 1 unspecified atom stereocenters. The van der Waals surface area contributed by atoms with Crippen molar-refractivity contribution in [2.75, 3.05) is 11.9 Å². The van der Waals surface area contributed by atoms with Crippen LogP contribution in [-0.2, 0) is 16.6 Å². The predicted molar refractivity (Wildman–Crippen MR) is 140 cm³/mol. The van der Waals surface area contributed by atoms with Crippen LogP contribution in [0.2, 0.25) is 0 Å². The molecule has 2 saturated carbocycles. The molecule has 2 N–H and O–H groups in total. The average molecular weight is 528 g/mol. The lowest BCUT2D eigenvalue weighted by atomic mass is 9.80. The number of aryl methyl sites for hydroxylation is 1. The summed E-state index contributed by atoms with van der Waals surface area (Å²) < 4.78 is 4.18. The first-order chi connectivity index (χ1) is 18.9. The van der Waals surface area contributed by atoms with Crippen LogP contribution >= 0.6 is 0 Å². The standard InChI is InChI=1S/C28H29N7O4/c1-33-14-29-12-23(33)21-13-34(32-25(21)16-2-3-16)18-8-15(9-18)11-30-17-4-5-19-20(10-17)28(39)35(27(19)38)22-6-7-24(36)31-26(22)37/h4-5,10,12-16,18,22,30H,2-3,6-9,11H2,1H3,(H,31,36,37). The van der Waals surface area contributed by atoms with Crippen LogP contribution in [0.4, 0.5) is 5.69 Å². The molecule has 0 radical (unpaired) electrons. The molecular weight excluding hydrogens is 498 g/mol. The Morgan fingerprint density at radius 3 is 2.54 bits per heavy atom. The number of carbonyl (C=O) groups excluding carboxylic acids is 4. The maximum absolute atomic E-state index is 13.1. The summed E-state index contributed by atoms with van der Waals surface area (Å²) in [6, 6.07) is 4.52. The number of nitrogens with zero attached hydrogens (tertiary/aromatic N) is 5. The van der Waals surface area contributed by atoms with Gasteiger partial charge >= 0.3 is 0 Å². The number of nitrogens with one attached hydrogen (secondary N) is 2. The summed E-state index contributed by atoms with van der Waals surface area (Å²) in [6.07, 6.45) is 10.6. The van der Waals surface area contributed by atoms with Gasteiger partial charge in [0.1, 0.15) is 6.04 Å². The Hall–Kier alpha value is -4.28. The first kappa shape index (κ1) is 23.8. The van der Waals surface area contributed by atoms with E-state index in [-0.39, 0.29) is 29.9 Å². The van der Waals surface area contributed by atoms with Crippen LogP contribution < -0.4 is 10.6 Å². The lowest BCUT2D eigenvalue weighted by Crippen LogP contribution is -2.54. The number of amides is 4. The molecule has 1 atom stereocenters. The lowest BCUT2D eigenvalue weighted by Gasteiger charge is -2.35. The molecule has 2 aliphatic heterocycles. The van der Waals surface area contributed by atoms with Crippen molar-refractivity contribution < 1.29 is 19.2 Å². The Bertz CT molecular complexity index is 1530. The van der Waals surface area contributed by atoms with Gasteiger partial charge in [0.15, 0.2) is 0 Å². The second-order valence-corrected chi connectivity index (χ2v) is 11.2. The molecule has 1 saturated heterocycles. The molecule has 0 bridgehead atoms. The van der Waals surface area contributed by atoms with Gasteiger partial charge in [-0.25, -0.2) is 4.98 Å². The fourth-order valence-corrected chi connectivity index (χ4v) is 5.99. The van der Waals surface area contributed by atoms with E-state index in [1.54, 1.807) is 18.2 Å². The van der Waals surface area contributed by atoms with Gasteiger partial charge in [-0.3, -0.25) is 34.1 Å². The van der Waals surface area contributed by atoms with Crippen LogP contribution in [0.5, 0.6) is 0 Å². The maximum Gasteiger partial charge on any atom is 0.262 e. The quantitative estimate of drug-likeness (QED) is 0.452. The summed E-state index contributed by atoms with van der Waals surface area (Å²) in [4.78, 5) is 55.0. The number of aromatic nitrogens is 4. The average Bonchev–Trinajstić information content (AvgIpc) is 3.43. The number of hydrogen-bond acceptors (Lipinski definition) is 7. The summed E-state index contributed by atoms with van der Waals surface area (Å²) in [5.74, 6) is -0.961. The first-order valence-corrected chi connectivity index (χ1v) is 13.5. The van der Waals surface area contributed by atoms with Crippen molar-refractivity contribution >= 4 is 29.3 Å². The van der Waals surface area contributed by atoms with Gasteiger partial charge in [0.2, 0.25) is 11.8 Å². The molecule has 4 aliphatic rings. The first-order valence-electron chi connectivity index (χ1n) is 13.5. The SMILES string of the molecule is Cn1cncc1-c1cn(C2CC(CNc3ccc4c(c3)C(=O)N(C3CCC(=O)NC3=O)C4=O)C2)nc1C1CC1. The molecule has 3 fully saturated rings. The molecule has 0 spiro atoms. The zero-order valence-corrected chi connectivity index (χ0v) is 21.6. The highest BCUT2D eigenvalue weighted by Crippen LogP contribution is 2.45. The van der Waals surface area contributed by atoms with Gasteiger partial charge in [-0.05, 0) is 56.2 Å². The smallest absolute Gasteiger partial charge is 0.262 e. The molecule has 1 aromatic carbocycles. The number of piperidine rings is 1. The summed E-state index contributed by atoms with van der Waals surface area (Å²) in [6.45, 7) is 0.750. The van der Waals surface area contributed by atoms with E-state index < -0.39 is 23.8 Å². The topological polar surface area (TPSA) is 131 Å². The summed E-state index contributed by atoms with van der Waals surface area (Å²) in [7, 11) is 2.01. The van der Waals surface area contributed by atoms with Crippen molar-refractivity contribution in [2.45, 2.75) is 56.5 Å². The van der Waals surface area contributed by atoms with E-state index in [4.69, 9.17) is 5.10 Å². The number of anilines is 1. The molecule has 11 heteroatoms. The van der Waals surface area contributed by atoms with Crippen LogP contribution in [0.3, 0.4) is 0 Å². The fourth-order valence-electron chi connectivity index (χ4n) is 5.99. The van der Waals surface area contributed by atoms with Crippen molar-refractivity contribution in [2.24, 2.45) is 13.0 Å². The molecule has 2 aromatic heterocycles. The summed E-state index contributed by atoms with van der Waals surface area (Å²) in [5.41, 5.74) is 4.80. The zero-order chi connectivity index (χ0) is 26.8. The Labute approximate surface area is 224 Å². The third-order valence-electron chi connectivity index (χ3n) is 8.44. The minimum Gasteiger partial charge on any atom is -0.385 e. The highest BCUT2D eigenvalue weighted by atomic mass is 16.2. The van der Waals surface area contributed by atoms with Crippen LogP contribution in [0.25, 0.3) is 11.3 Å². The number of fused-ring (bicyclic) bond motifs is 1. The fraction of sp³-hybridized carbons (Fsp3) is 0.429. The van der Waals surface area contributed by atoms with Crippen molar-refractivity contribution in [1.29, 1.82) is 0 Å². The molecular formula is C28H29N7O4. The van der Waals surface area contributed by atoms with E-state index in [0.717, 1.165) is 35.7 Å². The molecule has 39 heavy (non-hydrogen) atoms. The van der Waals surface area contributed by atoms with Gasteiger partial charge in [-0.1, -0.05) is 0 Å². The molecule has 4 heterocycles. The Balaban J connectivity index is 0.989. The number of imidazole rings is 1. The van der Waals surface area contributed by atoms with Crippen molar-refractivity contribution in [3.8, 4) is 11.3 Å². The minimum absolute atomic E-state index is 0.101. The molecule has 11 nitrogen and oxygen atoms in total. The number of hydrogen-bond donors (Lipinski definition) is 2. The van der Waals surface area contributed by atoms with Gasteiger partial charge in [0.05, 0.1) is 41.1 Å². The van der Waals surface area contributed by atoms with Crippen molar-refractivity contribution in [3.05, 3.63) is 53.7 Å². The summed E-state index contributed by atoms with van der Waals surface area (Å²) in [5, 5.41) is 10.6. The molecule has 200 valence electrons. The van der Waals surface area contributed by atoms with E-state index in [0.29, 0.717) is 17.9 Å². The normalized spacial score (nSPS) is 24.5. The Kier molecular flexibility index (Phi) is 5.43. The summed E-state index contributed by atoms with van der Waals surface area (Å²) >= 11 is 0. The Morgan fingerprint density at radius 1 is 1.03 bits per heavy atom. The van der Waals surface area contributed by atoms with E-state index >= 15 is 0 Å². The second-order valence-electron chi connectivity index (χ2n) is 11.2. The van der Waals surface area contributed by atoms with Gasteiger partial charge in [-0.2, -0.15) is 5.10 Å². The van der Waals surface area contributed by atoms with Gasteiger partial charge in [-0.15, -0.1) is 0 Å². The van der Waals surface area contributed by atoms with Crippen LogP contribution in [-0.4, -0.2) is 60.4 Å². The third kappa shape index (κ3) is 4.03. The molecule has 4 amide bonds. The zero-order valence-electron chi connectivity index (χ0n) is 21.6. The molecule has 2 aliphatic carbocycles. The molecule has 3 aromatic rings. The second kappa shape index (κ2) is 8.89. The van der Waals surface area contributed by atoms with E-state index in [1.807, 2.05) is 24.1 Å². The largest absolute Gasteiger partial charge is 0.385 e. The maximum atomic E-state index is 13.1. The monoisotopic (exact) mass is 527 g/mol. The number of carbonyl (C=O) groups is 4. The number of imide groups is 2. The van der Waals surface area contributed by atoms with Gasteiger partial charge < -0.3 is 9.88 Å². The minimum atomic E-state index is -0.959. The van der Waals surface area contributed by atoms with Crippen molar-refractivity contribution in [1.82, 2.24) is 29.5 Å². The lowest BCUT2D eigenvalue weighted by molar-refractivity contribution is -0.136. The van der Waals surface area contributed by atoms with Crippen LogP contribution in [0, 0.1) is 5.92 Å². The number of benzene rings is 1. The van der Waals surface area contributed by atoms with Crippen LogP contribution in [0.1, 0.15) is 76.9 Å². The van der Waals surface area contributed by atoms with E-state index in [9.17, 15) is 19.2 Å². The van der Waals surface area contributed by atoms with E-state index in [1.165, 1.54) is 24.1 Å². The van der Waals surface area contributed by atoms with Gasteiger partial charge in [0.25, 0.3) is 11.8 Å². The number of rotatable bonds is 7. The molecule has 7 rings (SSSR count). The third-order valence-corrected chi connectivity index (χ3v) is 8.44. The van der Waals surface area contributed by atoms with Gasteiger partial charge in [0, 0.05) is 43.4 Å².